The third-order valence-corrected chi connectivity index (χ3v) is 4.61. The third-order valence-electron chi connectivity index (χ3n) is 4.61. The van der Waals surface area contributed by atoms with E-state index in [-0.39, 0.29) is 6.04 Å². The molecule has 2 rings (SSSR count). The highest BCUT2D eigenvalue weighted by molar-refractivity contribution is 5.81. The van der Waals surface area contributed by atoms with Gasteiger partial charge in [0.1, 0.15) is 0 Å². The number of nitrogens with zero attached hydrogens (tertiary/aromatic N) is 2. The molecule has 2 atom stereocenters. The molecule has 0 aromatic heterocycles. The largest absolute Gasteiger partial charge is 0.341 e. The van der Waals surface area contributed by atoms with Crippen LogP contribution in [0.2, 0.25) is 0 Å². The third kappa shape index (κ3) is 4.18. The standard InChI is InChI=1S/C15H29N3O/c1-13(15(19)18-10-6-3-7-11-18)17(2)12-14-8-4-5-9-16-14/h13-14,16H,3-12H2,1-2H3. The van der Waals surface area contributed by atoms with Crippen molar-refractivity contribution in [3.63, 3.8) is 0 Å². The molecule has 2 aliphatic rings. The smallest absolute Gasteiger partial charge is 0.239 e. The quantitative estimate of drug-likeness (QED) is 0.837. The molecule has 110 valence electrons. The molecular formula is C15H29N3O. The second kappa shape index (κ2) is 7.25. The monoisotopic (exact) mass is 267 g/mol. The van der Waals surface area contributed by atoms with Gasteiger partial charge in [0.2, 0.25) is 5.91 Å². The molecular weight excluding hydrogens is 238 g/mol. The number of rotatable bonds is 4. The van der Waals surface area contributed by atoms with Crippen LogP contribution in [0.5, 0.6) is 0 Å². The second-order valence-corrected chi connectivity index (χ2v) is 6.15. The summed E-state index contributed by atoms with van der Waals surface area (Å²) in [6.45, 7) is 6.09. The molecule has 2 saturated heterocycles. The Labute approximate surface area is 117 Å². The first-order valence-electron chi connectivity index (χ1n) is 7.91. The lowest BCUT2D eigenvalue weighted by Crippen LogP contribution is -2.51. The Morgan fingerprint density at radius 1 is 1.26 bits per heavy atom. The summed E-state index contributed by atoms with van der Waals surface area (Å²) in [4.78, 5) is 16.7. The van der Waals surface area contributed by atoms with Gasteiger partial charge < -0.3 is 10.2 Å². The molecule has 4 heteroatoms. The minimum Gasteiger partial charge on any atom is -0.341 e. The average molecular weight is 267 g/mol. The van der Waals surface area contributed by atoms with Gasteiger partial charge in [-0.15, -0.1) is 0 Å². The summed E-state index contributed by atoms with van der Waals surface area (Å²) < 4.78 is 0. The highest BCUT2D eigenvalue weighted by Gasteiger charge is 2.26. The van der Waals surface area contributed by atoms with Gasteiger partial charge in [-0.3, -0.25) is 9.69 Å². The van der Waals surface area contributed by atoms with E-state index < -0.39 is 0 Å². The fourth-order valence-corrected chi connectivity index (χ4v) is 3.15. The van der Waals surface area contributed by atoms with Crippen LogP contribution in [-0.4, -0.2) is 61.0 Å². The first-order chi connectivity index (χ1) is 9.18. The van der Waals surface area contributed by atoms with Crippen LogP contribution in [0.1, 0.15) is 45.4 Å². The summed E-state index contributed by atoms with van der Waals surface area (Å²) >= 11 is 0. The van der Waals surface area contributed by atoms with Crippen molar-refractivity contribution in [1.29, 1.82) is 0 Å². The van der Waals surface area contributed by atoms with E-state index in [1.165, 1.54) is 38.5 Å². The Kier molecular flexibility index (Phi) is 5.64. The van der Waals surface area contributed by atoms with Crippen LogP contribution in [0.4, 0.5) is 0 Å². The van der Waals surface area contributed by atoms with Crippen LogP contribution in [-0.2, 0) is 4.79 Å². The fourth-order valence-electron chi connectivity index (χ4n) is 3.15. The fraction of sp³-hybridized carbons (Fsp3) is 0.933. The van der Waals surface area contributed by atoms with Gasteiger partial charge in [0.05, 0.1) is 6.04 Å². The van der Waals surface area contributed by atoms with E-state index in [1.807, 2.05) is 0 Å². The number of carbonyl (C=O) groups excluding carboxylic acids is 1. The van der Waals surface area contributed by atoms with Crippen LogP contribution in [0, 0.1) is 0 Å². The van der Waals surface area contributed by atoms with Gasteiger partial charge in [-0.25, -0.2) is 0 Å². The lowest BCUT2D eigenvalue weighted by atomic mass is 10.0. The van der Waals surface area contributed by atoms with Gasteiger partial charge in [-0.2, -0.15) is 0 Å². The van der Waals surface area contributed by atoms with E-state index in [1.54, 1.807) is 0 Å². The van der Waals surface area contributed by atoms with Crippen molar-refractivity contribution >= 4 is 5.91 Å². The molecule has 2 heterocycles. The normalized spacial score (nSPS) is 26.5. The van der Waals surface area contributed by atoms with Gasteiger partial charge in [0.25, 0.3) is 0 Å². The number of hydrogen-bond acceptors (Lipinski definition) is 3. The average Bonchev–Trinajstić information content (AvgIpc) is 2.47. The minimum absolute atomic E-state index is 0.0156. The molecule has 0 radical (unpaired) electrons. The van der Waals surface area contributed by atoms with Crippen LogP contribution in [0.3, 0.4) is 0 Å². The van der Waals surface area contributed by atoms with E-state index in [0.29, 0.717) is 11.9 Å². The van der Waals surface area contributed by atoms with Gasteiger partial charge in [-0.1, -0.05) is 6.42 Å². The SMILES string of the molecule is CC(C(=O)N1CCCCC1)N(C)CC1CCCCN1. The van der Waals surface area contributed by atoms with Crippen molar-refractivity contribution in [2.24, 2.45) is 0 Å². The summed E-state index contributed by atoms with van der Waals surface area (Å²) in [7, 11) is 2.09. The molecule has 1 amide bonds. The second-order valence-electron chi connectivity index (χ2n) is 6.15. The van der Waals surface area contributed by atoms with E-state index >= 15 is 0 Å². The van der Waals surface area contributed by atoms with E-state index in [0.717, 1.165) is 26.2 Å². The van der Waals surface area contributed by atoms with E-state index in [2.05, 4.69) is 29.1 Å². The maximum atomic E-state index is 12.4. The summed E-state index contributed by atoms with van der Waals surface area (Å²) in [6.07, 6.45) is 7.48. The van der Waals surface area contributed by atoms with Crippen molar-refractivity contribution in [2.45, 2.75) is 57.5 Å². The molecule has 2 aliphatic heterocycles. The van der Waals surface area contributed by atoms with Crippen LogP contribution < -0.4 is 5.32 Å². The summed E-state index contributed by atoms with van der Waals surface area (Å²) in [5.41, 5.74) is 0. The molecule has 4 nitrogen and oxygen atoms in total. The Bertz CT molecular complexity index is 283. The highest BCUT2D eigenvalue weighted by atomic mass is 16.2. The number of carbonyl (C=O) groups is 1. The number of likely N-dealkylation sites (tertiary alicyclic amines) is 1. The number of likely N-dealkylation sites (N-methyl/N-ethyl adjacent to an activating group) is 1. The molecule has 19 heavy (non-hydrogen) atoms. The zero-order chi connectivity index (χ0) is 13.7. The Morgan fingerprint density at radius 3 is 2.63 bits per heavy atom. The topological polar surface area (TPSA) is 35.6 Å². The van der Waals surface area contributed by atoms with Crippen molar-refractivity contribution in [1.82, 2.24) is 15.1 Å². The maximum Gasteiger partial charge on any atom is 0.239 e. The zero-order valence-corrected chi connectivity index (χ0v) is 12.5. The van der Waals surface area contributed by atoms with Crippen LogP contribution in [0.15, 0.2) is 0 Å². The van der Waals surface area contributed by atoms with Crippen molar-refractivity contribution < 1.29 is 4.79 Å². The van der Waals surface area contributed by atoms with Gasteiger partial charge in [0, 0.05) is 25.7 Å². The van der Waals surface area contributed by atoms with Gasteiger partial charge in [-0.05, 0) is 52.6 Å². The Hall–Kier alpha value is -0.610. The maximum absolute atomic E-state index is 12.4. The van der Waals surface area contributed by atoms with E-state index in [9.17, 15) is 4.79 Å². The predicted molar refractivity (Wildman–Crippen MR) is 78.2 cm³/mol. The van der Waals surface area contributed by atoms with Crippen LogP contribution >= 0.6 is 0 Å². The molecule has 0 aliphatic carbocycles. The first-order valence-corrected chi connectivity index (χ1v) is 7.91. The van der Waals surface area contributed by atoms with Crippen molar-refractivity contribution in [3.05, 3.63) is 0 Å². The number of amides is 1. The Morgan fingerprint density at radius 2 is 2.00 bits per heavy atom. The van der Waals surface area contributed by atoms with E-state index in [4.69, 9.17) is 0 Å². The minimum atomic E-state index is 0.0156. The Balaban J connectivity index is 1.79. The van der Waals surface area contributed by atoms with Gasteiger partial charge >= 0.3 is 0 Å². The summed E-state index contributed by atoms with van der Waals surface area (Å²) in [6, 6.07) is 0.581. The molecule has 1 N–H and O–H groups in total. The number of piperidine rings is 2. The molecule has 0 aromatic rings. The van der Waals surface area contributed by atoms with Crippen LogP contribution in [0.25, 0.3) is 0 Å². The lowest BCUT2D eigenvalue weighted by molar-refractivity contribution is -0.137. The molecule has 2 fully saturated rings. The lowest BCUT2D eigenvalue weighted by Gasteiger charge is -2.35. The predicted octanol–water partition coefficient (Wildman–Crippen LogP) is 1.46. The first kappa shape index (κ1) is 14.8. The molecule has 2 unspecified atom stereocenters. The van der Waals surface area contributed by atoms with Crippen molar-refractivity contribution in [3.8, 4) is 0 Å². The number of hydrogen-bond donors (Lipinski definition) is 1. The molecule has 0 saturated carbocycles. The molecule has 0 spiro atoms. The van der Waals surface area contributed by atoms with Gasteiger partial charge in [0.15, 0.2) is 0 Å². The number of nitrogens with one attached hydrogen (secondary N) is 1. The zero-order valence-electron chi connectivity index (χ0n) is 12.5. The summed E-state index contributed by atoms with van der Waals surface area (Å²) in [5.74, 6) is 0.318. The van der Waals surface area contributed by atoms with Crippen molar-refractivity contribution in [2.75, 3.05) is 33.2 Å². The summed E-state index contributed by atoms with van der Waals surface area (Å²) in [5, 5.41) is 3.56. The molecule has 0 bridgehead atoms. The highest BCUT2D eigenvalue weighted by Crippen LogP contribution is 2.13. The molecule has 0 aromatic carbocycles.